The van der Waals surface area contributed by atoms with Crippen LogP contribution in [0.15, 0.2) is 12.1 Å². The molecule has 0 aromatic heterocycles. The van der Waals surface area contributed by atoms with E-state index >= 15 is 0 Å². The number of methoxy groups -OCH3 is 1. The van der Waals surface area contributed by atoms with Gasteiger partial charge in [0.25, 0.3) is 0 Å². The summed E-state index contributed by atoms with van der Waals surface area (Å²) in [6.07, 6.45) is 0. The van der Waals surface area contributed by atoms with Crippen molar-refractivity contribution in [1.82, 2.24) is 0 Å². The maximum atomic E-state index is 10.7. The number of nitrogens with two attached hydrogens (primary N) is 1. The Morgan fingerprint density at radius 2 is 2.29 bits per heavy atom. The zero-order valence-corrected chi connectivity index (χ0v) is 8.34. The molecule has 0 amide bonds. The van der Waals surface area contributed by atoms with Crippen molar-refractivity contribution in [3.8, 4) is 0 Å². The van der Waals surface area contributed by atoms with Crippen LogP contribution in [0.2, 0.25) is 5.02 Å². The van der Waals surface area contributed by atoms with Crippen LogP contribution in [0, 0.1) is 0 Å². The minimum absolute atomic E-state index is 0.0430. The van der Waals surface area contributed by atoms with Crippen LogP contribution in [-0.2, 0) is 11.3 Å². The highest BCUT2D eigenvalue weighted by atomic mass is 35.5. The molecule has 0 spiro atoms. The summed E-state index contributed by atoms with van der Waals surface area (Å²) in [5.74, 6) is -1.07. The van der Waals surface area contributed by atoms with E-state index in [1.807, 2.05) is 0 Å². The number of carboxylic acid groups (broad SMARTS) is 1. The van der Waals surface area contributed by atoms with Gasteiger partial charge in [-0.2, -0.15) is 0 Å². The first-order chi connectivity index (χ1) is 6.57. The van der Waals surface area contributed by atoms with Crippen LogP contribution >= 0.6 is 11.6 Å². The zero-order valence-electron chi connectivity index (χ0n) is 7.58. The molecule has 14 heavy (non-hydrogen) atoms. The van der Waals surface area contributed by atoms with Gasteiger partial charge in [0.05, 0.1) is 17.9 Å². The lowest BCUT2D eigenvalue weighted by Crippen LogP contribution is -2.06. The fraction of sp³-hybridized carbons (Fsp3) is 0.222. The summed E-state index contributed by atoms with van der Waals surface area (Å²) >= 11 is 5.83. The minimum atomic E-state index is -1.07. The molecule has 0 unspecified atom stereocenters. The third-order valence-corrected chi connectivity index (χ3v) is 2.17. The van der Waals surface area contributed by atoms with Gasteiger partial charge in [0.1, 0.15) is 0 Å². The van der Waals surface area contributed by atoms with Crippen LogP contribution in [0.3, 0.4) is 0 Å². The van der Waals surface area contributed by atoms with Crippen molar-refractivity contribution in [2.24, 2.45) is 0 Å². The molecule has 0 fully saturated rings. The quantitative estimate of drug-likeness (QED) is 0.754. The highest BCUT2D eigenvalue weighted by Gasteiger charge is 2.13. The summed E-state index contributed by atoms with van der Waals surface area (Å²) < 4.78 is 4.87. The van der Waals surface area contributed by atoms with E-state index in [2.05, 4.69) is 0 Å². The number of ether oxygens (including phenoxy) is 1. The molecule has 5 heteroatoms. The number of carboxylic acids is 1. The number of carbonyl (C=O) groups is 1. The second-order valence-electron chi connectivity index (χ2n) is 2.73. The number of benzene rings is 1. The lowest BCUT2D eigenvalue weighted by atomic mass is 10.1. The Labute approximate surface area is 86.2 Å². The van der Waals surface area contributed by atoms with Gasteiger partial charge in [0.15, 0.2) is 0 Å². The highest BCUT2D eigenvalue weighted by Crippen LogP contribution is 2.26. The molecule has 0 heterocycles. The third kappa shape index (κ3) is 1.97. The van der Waals surface area contributed by atoms with Crippen LogP contribution in [-0.4, -0.2) is 18.2 Å². The topological polar surface area (TPSA) is 72.5 Å². The molecule has 0 aliphatic heterocycles. The van der Waals surface area contributed by atoms with Crippen molar-refractivity contribution >= 4 is 23.3 Å². The fourth-order valence-corrected chi connectivity index (χ4v) is 1.33. The second kappa shape index (κ2) is 4.30. The molecule has 0 aliphatic rings. The number of anilines is 1. The van der Waals surface area contributed by atoms with E-state index in [0.29, 0.717) is 10.6 Å². The first kappa shape index (κ1) is 10.8. The lowest BCUT2D eigenvalue weighted by Gasteiger charge is -2.09. The average molecular weight is 216 g/mol. The van der Waals surface area contributed by atoms with Gasteiger partial charge in [0, 0.05) is 17.7 Å². The fourth-order valence-electron chi connectivity index (χ4n) is 1.12. The van der Waals surface area contributed by atoms with E-state index in [9.17, 15) is 4.79 Å². The summed E-state index contributed by atoms with van der Waals surface area (Å²) in [5.41, 5.74) is 6.34. The summed E-state index contributed by atoms with van der Waals surface area (Å²) in [6, 6.07) is 2.87. The molecule has 1 aromatic carbocycles. The third-order valence-electron chi connectivity index (χ3n) is 1.82. The first-order valence-corrected chi connectivity index (χ1v) is 4.24. The molecule has 3 N–H and O–H groups in total. The Morgan fingerprint density at radius 1 is 1.64 bits per heavy atom. The number of aromatic carboxylic acids is 1. The monoisotopic (exact) mass is 215 g/mol. The molecule has 4 nitrogen and oxygen atoms in total. The van der Waals surface area contributed by atoms with Gasteiger partial charge >= 0.3 is 5.97 Å². The molecule has 0 atom stereocenters. The number of hydrogen-bond acceptors (Lipinski definition) is 3. The zero-order chi connectivity index (χ0) is 10.7. The SMILES string of the molecule is COCc1c(Cl)ccc(C(=O)O)c1N. The predicted octanol–water partition coefficient (Wildman–Crippen LogP) is 1.77. The van der Waals surface area contributed by atoms with Crippen LogP contribution in [0.5, 0.6) is 0 Å². The number of hydrogen-bond donors (Lipinski definition) is 2. The van der Waals surface area contributed by atoms with Gasteiger partial charge in [-0.05, 0) is 12.1 Å². The molecule has 0 bridgehead atoms. The van der Waals surface area contributed by atoms with Crippen molar-refractivity contribution in [1.29, 1.82) is 0 Å². The highest BCUT2D eigenvalue weighted by molar-refractivity contribution is 6.32. The van der Waals surface area contributed by atoms with E-state index in [0.717, 1.165) is 0 Å². The van der Waals surface area contributed by atoms with Gasteiger partial charge in [-0.15, -0.1) is 0 Å². The summed E-state index contributed by atoms with van der Waals surface area (Å²) in [6.45, 7) is 0.200. The van der Waals surface area contributed by atoms with Crippen molar-refractivity contribution in [2.75, 3.05) is 12.8 Å². The van der Waals surface area contributed by atoms with E-state index in [4.69, 9.17) is 27.2 Å². The predicted molar refractivity (Wildman–Crippen MR) is 53.5 cm³/mol. The van der Waals surface area contributed by atoms with Crippen molar-refractivity contribution in [3.63, 3.8) is 0 Å². The van der Waals surface area contributed by atoms with Gasteiger partial charge < -0.3 is 15.6 Å². The molecule has 0 saturated carbocycles. The molecule has 0 saturated heterocycles. The van der Waals surface area contributed by atoms with Crippen LogP contribution < -0.4 is 5.73 Å². The van der Waals surface area contributed by atoms with E-state index in [-0.39, 0.29) is 17.9 Å². The molecule has 1 rings (SSSR count). The normalized spacial score (nSPS) is 10.1. The van der Waals surface area contributed by atoms with Crippen LogP contribution in [0.1, 0.15) is 15.9 Å². The van der Waals surface area contributed by atoms with E-state index < -0.39 is 5.97 Å². The maximum absolute atomic E-state index is 10.7. The van der Waals surface area contributed by atoms with E-state index in [1.165, 1.54) is 19.2 Å². The van der Waals surface area contributed by atoms with Crippen molar-refractivity contribution in [3.05, 3.63) is 28.3 Å². The van der Waals surface area contributed by atoms with Gasteiger partial charge in [-0.25, -0.2) is 4.79 Å². The molecule has 76 valence electrons. The lowest BCUT2D eigenvalue weighted by molar-refractivity contribution is 0.0698. The molecule has 0 aliphatic carbocycles. The Hall–Kier alpha value is -1.26. The Balaban J connectivity index is 3.26. The second-order valence-corrected chi connectivity index (χ2v) is 3.13. The van der Waals surface area contributed by atoms with Crippen molar-refractivity contribution < 1.29 is 14.6 Å². The summed E-state index contributed by atoms with van der Waals surface area (Å²) in [7, 11) is 1.49. The van der Waals surface area contributed by atoms with E-state index in [1.54, 1.807) is 0 Å². The molecular weight excluding hydrogens is 206 g/mol. The molecule has 1 aromatic rings. The minimum Gasteiger partial charge on any atom is -0.478 e. The van der Waals surface area contributed by atoms with Crippen molar-refractivity contribution in [2.45, 2.75) is 6.61 Å². The number of rotatable bonds is 3. The summed E-state index contributed by atoms with van der Waals surface area (Å²) in [4.78, 5) is 10.7. The Morgan fingerprint density at radius 3 is 2.79 bits per heavy atom. The molecular formula is C9H10ClNO3. The van der Waals surface area contributed by atoms with Gasteiger partial charge in [-0.1, -0.05) is 11.6 Å². The standard InChI is InChI=1S/C9H10ClNO3/c1-14-4-6-7(10)3-2-5(8(6)11)9(12)13/h2-3H,4,11H2,1H3,(H,12,13). The largest absolute Gasteiger partial charge is 0.478 e. The van der Waals surface area contributed by atoms with Gasteiger partial charge in [0.2, 0.25) is 0 Å². The van der Waals surface area contributed by atoms with Crippen LogP contribution in [0.4, 0.5) is 5.69 Å². The molecule has 0 radical (unpaired) electrons. The Kier molecular flexibility index (Phi) is 3.33. The maximum Gasteiger partial charge on any atom is 0.337 e. The van der Waals surface area contributed by atoms with Gasteiger partial charge in [-0.3, -0.25) is 0 Å². The summed E-state index contributed by atoms with van der Waals surface area (Å²) in [5, 5.41) is 9.20. The van der Waals surface area contributed by atoms with Crippen LogP contribution in [0.25, 0.3) is 0 Å². The smallest absolute Gasteiger partial charge is 0.337 e. The number of nitrogen functional groups attached to an aromatic ring is 1. The Bertz CT molecular complexity index is 365. The number of halogens is 1. The first-order valence-electron chi connectivity index (χ1n) is 3.87. The average Bonchev–Trinajstić information content (AvgIpc) is 2.11.